The Morgan fingerprint density at radius 3 is 2.74 bits per heavy atom. The summed E-state index contributed by atoms with van der Waals surface area (Å²) in [5.41, 5.74) is 2.39. The number of likely N-dealkylation sites (tertiary alicyclic amines) is 1. The summed E-state index contributed by atoms with van der Waals surface area (Å²) in [6.45, 7) is 5.16. The summed E-state index contributed by atoms with van der Waals surface area (Å²) in [6, 6.07) is 9.95. The summed E-state index contributed by atoms with van der Waals surface area (Å²) in [5.74, 6) is 0.453. The monoisotopic (exact) mass is 438 g/mol. The lowest BCUT2D eigenvalue weighted by atomic mass is 9.97. The molecule has 1 aromatic carbocycles. The number of piperidine rings is 1. The molecule has 7 nitrogen and oxygen atoms in total. The number of benzene rings is 1. The molecule has 1 saturated heterocycles. The van der Waals surface area contributed by atoms with E-state index in [1.54, 1.807) is 6.20 Å². The molecular formula is C23H30N6OS. The second-order valence-corrected chi connectivity index (χ2v) is 9.20. The first kappa shape index (κ1) is 21.7. The van der Waals surface area contributed by atoms with Crippen LogP contribution < -0.4 is 5.32 Å². The van der Waals surface area contributed by atoms with Crippen LogP contribution in [0.2, 0.25) is 0 Å². The van der Waals surface area contributed by atoms with Gasteiger partial charge in [-0.1, -0.05) is 18.2 Å². The largest absolute Gasteiger partial charge is 0.350 e. The maximum absolute atomic E-state index is 12.6. The van der Waals surface area contributed by atoms with Gasteiger partial charge >= 0.3 is 0 Å². The van der Waals surface area contributed by atoms with Gasteiger partial charge in [0.2, 0.25) is 0 Å². The Morgan fingerprint density at radius 2 is 2.00 bits per heavy atom. The molecule has 3 heterocycles. The lowest BCUT2D eigenvalue weighted by Gasteiger charge is -2.32. The van der Waals surface area contributed by atoms with Crippen LogP contribution in [0, 0.1) is 5.92 Å². The van der Waals surface area contributed by atoms with Gasteiger partial charge in [-0.15, -0.1) is 11.3 Å². The highest BCUT2D eigenvalue weighted by atomic mass is 32.1. The zero-order chi connectivity index (χ0) is 21.6. The van der Waals surface area contributed by atoms with Crippen LogP contribution in [0.1, 0.15) is 23.3 Å². The Labute approximate surface area is 187 Å². The smallest absolute Gasteiger partial charge is 0.270 e. The van der Waals surface area contributed by atoms with E-state index >= 15 is 0 Å². The minimum atomic E-state index is -0.0898. The van der Waals surface area contributed by atoms with Gasteiger partial charge in [0.05, 0.1) is 11.9 Å². The molecule has 1 amide bonds. The lowest BCUT2D eigenvalue weighted by Crippen LogP contribution is -2.41. The predicted molar refractivity (Wildman–Crippen MR) is 125 cm³/mol. The summed E-state index contributed by atoms with van der Waals surface area (Å²) < 4.78 is 1.82. The number of thiazole rings is 1. The fourth-order valence-corrected chi connectivity index (χ4v) is 4.52. The topological polar surface area (TPSA) is 66.3 Å². The van der Waals surface area contributed by atoms with Crippen LogP contribution in [0.3, 0.4) is 0 Å². The Balaban J connectivity index is 1.27. The number of hydrogen-bond acceptors (Lipinski definition) is 6. The number of hydrogen-bond donors (Lipinski definition) is 1. The molecule has 0 radical (unpaired) electrons. The van der Waals surface area contributed by atoms with E-state index < -0.39 is 0 Å². The number of likely N-dealkylation sites (N-methyl/N-ethyl adjacent to an activating group) is 1. The minimum absolute atomic E-state index is 0.0898. The molecule has 3 aromatic rings. The second-order valence-electron chi connectivity index (χ2n) is 8.35. The van der Waals surface area contributed by atoms with Gasteiger partial charge < -0.3 is 15.1 Å². The Hall–Kier alpha value is -2.55. The average molecular weight is 439 g/mol. The van der Waals surface area contributed by atoms with Crippen molar-refractivity contribution in [3.63, 3.8) is 0 Å². The SMILES string of the molecule is CN(C)CCN1CCC(CNC(=O)c2csc(-c3cnn(-c4ccccc4)c3)n2)CC1. The maximum atomic E-state index is 12.6. The molecule has 31 heavy (non-hydrogen) atoms. The molecule has 0 spiro atoms. The van der Waals surface area contributed by atoms with Gasteiger partial charge in [0.25, 0.3) is 5.91 Å². The summed E-state index contributed by atoms with van der Waals surface area (Å²) in [5, 5.41) is 10.1. The van der Waals surface area contributed by atoms with E-state index in [2.05, 4.69) is 39.3 Å². The van der Waals surface area contributed by atoms with Crippen molar-refractivity contribution in [2.24, 2.45) is 5.92 Å². The third-order valence-corrected chi connectivity index (χ3v) is 6.60. The highest BCUT2D eigenvalue weighted by Gasteiger charge is 2.20. The number of nitrogens with zero attached hydrogens (tertiary/aromatic N) is 5. The molecule has 1 aliphatic rings. The van der Waals surface area contributed by atoms with E-state index in [1.165, 1.54) is 11.3 Å². The van der Waals surface area contributed by atoms with Gasteiger partial charge in [-0.05, 0) is 58.1 Å². The molecule has 0 atom stereocenters. The first-order valence-corrected chi connectivity index (χ1v) is 11.7. The van der Waals surface area contributed by atoms with Gasteiger partial charge in [0.15, 0.2) is 0 Å². The molecule has 0 bridgehead atoms. The van der Waals surface area contributed by atoms with Crippen molar-refractivity contribution in [2.75, 3.05) is 46.8 Å². The standard InChI is InChI=1S/C23H30N6OS/c1-27(2)12-13-28-10-8-18(9-11-28)14-24-22(30)21-17-31-23(26-21)19-15-25-29(16-19)20-6-4-3-5-7-20/h3-7,15-18H,8-14H2,1-2H3,(H,24,30). The van der Waals surface area contributed by atoms with Crippen LogP contribution in [-0.2, 0) is 0 Å². The van der Waals surface area contributed by atoms with Crippen molar-refractivity contribution < 1.29 is 4.79 Å². The molecule has 8 heteroatoms. The van der Waals surface area contributed by atoms with Crippen LogP contribution in [0.5, 0.6) is 0 Å². The second kappa shape index (κ2) is 10.2. The van der Waals surface area contributed by atoms with Crippen molar-refractivity contribution in [3.8, 4) is 16.3 Å². The van der Waals surface area contributed by atoms with E-state index in [-0.39, 0.29) is 5.91 Å². The highest BCUT2D eigenvalue weighted by Crippen LogP contribution is 2.24. The summed E-state index contributed by atoms with van der Waals surface area (Å²) in [7, 11) is 4.23. The van der Waals surface area contributed by atoms with Crippen molar-refractivity contribution in [1.82, 2.24) is 29.9 Å². The number of amides is 1. The molecule has 0 unspecified atom stereocenters. The third-order valence-electron chi connectivity index (χ3n) is 5.71. The summed E-state index contributed by atoms with van der Waals surface area (Å²) in [4.78, 5) is 21.9. The average Bonchev–Trinajstić information content (AvgIpc) is 3.47. The van der Waals surface area contributed by atoms with Crippen LogP contribution in [0.15, 0.2) is 48.1 Å². The van der Waals surface area contributed by atoms with Crippen LogP contribution >= 0.6 is 11.3 Å². The number of nitrogens with one attached hydrogen (secondary N) is 1. The first-order valence-electron chi connectivity index (χ1n) is 10.8. The minimum Gasteiger partial charge on any atom is -0.350 e. The van der Waals surface area contributed by atoms with E-state index in [0.717, 1.165) is 61.8 Å². The Morgan fingerprint density at radius 1 is 1.23 bits per heavy atom. The van der Waals surface area contributed by atoms with E-state index in [4.69, 9.17) is 0 Å². The number of para-hydroxylation sites is 1. The number of aromatic nitrogens is 3. The third kappa shape index (κ3) is 5.78. The van der Waals surface area contributed by atoms with Gasteiger partial charge in [0.1, 0.15) is 10.7 Å². The molecular weight excluding hydrogens is 408 g/mol. The zero-order valence-electron chi connectivity index (χ0n) is 18.2. The van der Waals surface area contributed by atoms with Crippen LogP contribution in [-0.4, -0.2) is 77.3 Å². The summed E-state index contributed by atoms with van der Waals surface area (Å²) >= 11 is 1.47. The van der Waals surface area contributed by atoms with Crippen molar-refractivity contribution in [2.45, 2.75) is 12.8 Å². The maximum Gasteiger partial charge on any atom is 0.270 e. The molecule has 2 aromatic heterocycles. The predicted octanol–water partition coefficient (Wildman–Crippen LogP) is 3.00. The molecule has 4 rings (SSSR count). The highest BCUT2D eigenvalue weighted by molar-refractivity contribution is 7.13. The van der Waals surface area contributed by atoms with Crippen molar-refractivity contribution >= 4 is 17.2 Å². The van der Waals surface area contributed by atoms with E-state index in [0.29, 0.717) is 11.6 Å². The van der Waals surface area contributed by atoms with Crippen LogP contribution in [0.4, 0.5) is 0 Å². The van der Waals surface area contributed by atoms with E-state index in [9.17, 15) is 4.79 Å². The van der Waals surface area contributed by atoms with Gasteiger partial charge in [0, 0.05) is 36.8 Å². The van der Waals surface area contributed by atoms with Crippen molar-refractivity contribution in [3.05, 3.63) is 53.8 Å². The molecule has 0 aliphatic carbocycles. The Kier molecular flexibility index (Phi) is 7.11. The number of carbonyl (C=O) groups excluding carboxylic acids is 1. The number of carbonyl (C=O) groups is 1. The zero-order valence-corrected chi connectivity index (χ0v) is 19.0. The molecule has 1 aliphatic heterocycles. The molecule has 1 N–H and O–H groups in total. The normalized spacial score (nSPS) is 15.5. The number of rotatable bonds is 8. The lowest BCUT2D eigenvalue weighted by molar-refractivity contribution is 0.0931. The summed E-state index contributed by atoms with van der Waals surface area (Å²) in [6.07, 6.45) is 6.00. The quantitative estimate of drug-likeness (QED) is 0.586. The Bertz CT molecular complexity index is 975. The van der Waals surface area contributed by atoms with Gasteiger partial charge in [-0.25, -0.2) is 9.67 Å². The van der Waals surface area contributed by atoms with E-state index in [1.807, 2.05) is 46.6 Å². The van der Waals surface area contributed by atoms with Gasteiger partial charge in [-0.3, -0.25) is 4.79 Å². The molecule has 164 valence electrons. The fourth-order valence-electron chi connectivity index (χ4n) is 3.75. The molecule has 1 fully saturated rings. The first-order chi connectivity index (χ1) is 15.1. The van der Waals surface area contributed by atoms with Crippen molar-refractivity contribution in [1.29, 1.82) is 0 Å². The van der Waals surface area contributed by atoms with Crippen LogP contribution in [0.25, 0.3) is 16.3 Å². The van der Waals surface area contributed by atoms with Gasteiger partial charge in [-0.2, -0.15) is 5.10 Å². The molecule has 0 saturated carbocycles. The fraction of sp³-hybridized carbons (Fsp3) is 0.435.